The van der Waals surface area contributed by atoms with Crippen molar-refractivity contribution in [3.8, 4) is 0 Å². The number of carbonyl (C=O) groups is 1. The van der Waals surface area contributed by atoms with Gasteiger partial charge in [0.1, 0.15) is 0 Å². The Balaban J connectivity index is 2.73. The van der Waals surface area contributed by atoms with Gasteiger partial charge in [-0.1, -0.05) is 32.9 Å². The van der Waals surface area contributed by atoms with Gasteiger partial charge >= 0.3 is 0 Å². The van der Waals surface area contributed by atoms with Crippen molar-refractivity contribution >= 4 is 11.5 Å². The van der Waals surface area contributed by atoms with Crippen LogP contribution in [-0.4, -0.2) is 19.4 Å². The number of aryl methyl sites for hydroxylation is 1. The van der Waals surface area contributed by atoms with Gasteiger partial charge in [-0.2, -0.15) is 0 Å². The second kappa shape index (κ2) is 4.69. The van der Waals surface area contributed by atoms with E-state index in [9.17, 15) is 4.79 Å². The first-order valence-corrected chi connectivity index (χ1v) is 5.62. The van der Waals surface area contributed by atoms with Crippen molar-refractivity contribution in [1.29, 1.82) is 0 Å². The zero-order chi connectivity index (χ0) is 12.3. The minimum atomic E-state index is -0.266. The molecule has 0 radical (unpaired) electrons. The number of benzene rings is 1. The maximum Gasteiger partial charge on any atom is 0.157 e. The molecule has 1 aromatic rings. The van der Waals surface area contributed by atoms with Crippen molar-refractivity contribution in [2.75, 3.05) is 18.5 Å². The summed E-state index contributed by atoms with van der Waals surface area (Å²) in [5.41, 5.74) is 2.04. The van der Waals surface area contributed by atoms with Crippen LogP contribution in [0.4, 0.5) is 5.69 Å². The molecular weight excluding hydrogens is 198 g/mol. The molecule has 0 saturated carbocycles. The fourth-order valence-electron chi connectivity index (χ4n) is 1.41. The molecule has 0 saturated heterocycles. The van der Waals surface area contributed by atoms with E-state index in [1.54, 1.807) is 0 Å². The molecule has 0 bridgehead atoms. The smallest absolute Gasteiger partial charge is 0.157 e. The Bertz CT molecular complexity index is 377. The number of Topliss-reactive ketones (excluding diaryl/α,β-unsaturated/α-hetero) is 1. The summed E-state index contributed by atoms with van der Waals surface area (Å²) >= 11 is 0. The van der Waals surface area contributed by atoms with Crippen LogP contribution >= 0.6 is 0 Å². The second-order valence-corrected chi connectivity index (χ2v) is 5.37. The van der Waals surface area contributed by atoms with Crippen molar-refractivity contribution in [3.05, 3.63) is 29.8 Å². The van der Waals surface area contributed by atoms with E-state index in [4.69, 9.17) is 0 Å². The molecule has 0 atom stereocenters. The molecule has 0 amide bonds. The number of likely N-dealkylation sites (N-methyl/N-ethyl adjacent to an activating group) is 1. The van der Waals surface area contributed by atoms with E-state index >= 15 is 0 Å². The minimum Gasteiger partial charge on any atom is -0.367 e. The molecule has 0 N–H and O–H groups in total. The van der Waals surface area contributed by atoms with Crippen LogP contribution in [0.1, 0.15) is 26.3 Å². The summed E-state index contributed by atoms with van der Waals surface area (Å²) in [6.45, 7) is 8.40. The van der Waals surface area contributed by atoms with Crippen LogP contribution in [-0.2, 0) is 4.79 Å². The first-order chi connectivity index (χ1) is 7.30. The third-order valence-corrected chi connectivity index (χ3v) is 2.66. The lowest BCUT2D eigenvalue weighted by Gasteiger charge is -2.24. The van der Waals surface area contributed by atoms with Gasteiger partial charge in [0.2, 0.25) is 0 Å². The van der Waals surface area contributed by atoms with Crippen LogP contribution < -0.4 is 4.90 Å². The van der Waals surface area contributed by atoms with Gasteiger partial charge in [-0.05, 0) is 24.6 Å². The summed E-state index contributed by atoms with van der Waals surface area (Å²) in [4.78, 5) is 13.9. The Morgan fingerprint density at radius 1 is 1.31 bits per heavy atom. The van der Waals surface area contributed by atoms with Gasteiger partial charge in [0, 0.05) is 18.2 Å². The Labute approximate surface area is 98.3 Å². The number of nitrogens with zero attached hydrogens (tertiary/aromatic N) is 1. The molecule has 1 aromatic carbocycles. The van der Waals surface area contributed by atoms with Gasteiger partial charge < -0.3 is 4.90 Å². The van der Waals surface area contributed by atoms with E-state index in [0.717, 1.165) is 5.69 Å². The standard InChI is InChI=1S/C14H21NO/c1-11-7-6-8-12(9-11)15(5)10-13(16)14(2,3)4/h6-9H,10H2,1-5H3. The van der Waals surface area contributed by atoms with E-state index < -0.39 is 0 Å². The van der Waals surface area contributed by atoms with Crippen LogP contribution in [0, 0.1) is 12.3 Å². The predicted molar refractivity (Wildman–Crippen MR) is 68.9 cm³/mol. The first kappa shape index (κ1) is 12.8. The highest BCUT2D eigenvalue weighted by Crippen LogP contribution is 2.18. The predicted octanol–water partition coefficient (Wildman–Crippen LogP) is 3.05. The minimum absolute atomic E-state index is 0.261. The molecule has 2 nitrogen and oxygen atoms in total. The van der Waals surface area contributed by atoms with E-state index in [1.165, 1.54) is 5.56 Å². The average molecular weight is 219 g/mol. The Kier molecular flexibility index (Phi) is 3.74. The van der Waals surface area contributed by atoms with E-state index in [1.807, 2.05) is 44.9 Å². The molecular formula is C14H21NO. The monoisotopic (exact) mass is 219 g/mol. The molecule has 2 heteroatoms. The fraction of sp³-hybridized carbons (Fsp3) is 0.500. The lowest BCUT2D eigenvalue weighted by atomic mass is 9.90. The summed E-state index contributed by atoms with van der Waals surface area (Å²) in [5.74, 6) is 0.261. The molecule has 1 rings (SSSR count). The number of hydrogen-bond acceptors (Lipinski definition) is 2. The van der Waals surface area contributed by atoms with Crippen LogP contribution in [0.5, 0.6) is 0 Å². The summed E-state index contributed by atoms with van der Waals surface area (Å²) < 4.78 is 0. The van der Waals surface area contributed by atoms with Crippen molar-refractivity contribution in [2.45, 2.75) is 27.7 Å². The molecule has 88 valence electrons. The number of carbonyl (C=O) groups excluding carboxylic acids is 1. The van der Waals surface area contributed by atoms with Crippen molar-refractivity contribution < 1.29 is 4.79 Å². The van der Waals surface area contributed by atoms with Gasteiger partial charge in [-0.3, -0.25) is 4.79 Å². The van der Waals surface area contributed by atoms with E-state index in [2.05, 4.69) is 19.1 Å². The van der Waals surface area contributed by atoms with Gasteiger partial charge in [-0.25, -0.2) is 0 Å². The topological polar surface area (TPSA) is 20.3 Å². The second-order valence-electron chi connectivity index (χ2n) is 5.37. The van der Waals surface area contributed by atoms with Crippen LogP contribution in [0.3, 0.4) is 0 Å². The Morgan fingerprint density at radius 3 is 2.44 bits per heavy atom. The van der Waals surface area contributed by atoms with Crippen LogP contribution in [0.15, 0.2) is 24.3 Å². The first-order valence-electron chi connectivity index (χ1n) is 5.62. The average Bonchev–Trinajstić information content (AvgIpc) is 2.16. The van der Waals surface area contributed by atoms with Gasteiger partial charge in [0.25, 0.3) is 0 Å². The summed E-state index contributed by atoms with van der Waals surface area (Å²) in [6.07, 6.45) is 0. The molecule has 0 fully saturated rings. The Hall–Kier alpha value is -1.31. The van der Waals surface area contributed by atoms with Gasteiger partial charge in [0.15, 0.2) is 5.78 Å². The molecule has 0 spiro atoms. The van der Waals surface area contributed by atoms with Crippen molar-refractivity contribution in [2.24, 2.45) is 5.41 Å². The number of ketones is 1. The SMILES string of the molecule is Cc1cccc(N(C)CC(=O)C(C)(C)C)c1. The van der Waals surface area contributed by atoms with Crippen molar-refractivity contribution in [1.82, 2.24) is 0 Å². The lowest BCUT2D eigenvalue weighted by molar-refractivity contribution is -0.124. The van der Waals surface area contributed by atoms with E-state index in [0.29, 0.717) is 6.54 Å². The van der Waals surface area contributed by atoms with Gasteiger partial charge in [-0.15, -0.1) is 0 Å². The molecule has 16 heavy (non-hydrogen) atoms. The zero-order valence-electron chi connectivity index (χ0n) is 10.9. The number of anilines is 1. The molecule has 0 unspecified atom stereocenters. The highest BCUT2D eigenvalue weighted by molar-refractivity contribution is 5.87. The molecule has 0 aliphatic carbocycles. The number of rotatable bonds is 3. The lowest BCUT2D eigenvalue weighted by Crippen LogP contribution is -2.33. The van der Waals surface area contributed by atoms with E-state index in [-0.39, 0.29) is 11.2 Å². The fourth-order valence-corrected chi connectivity index (χ4v) is 1.41. The molecule has 0 aliphatic heterocycles. The number of hydrogen-bond donors (Lipinski definition) is 0. The summed E-state index contributed by atoms with van der Waals surface area (Å²) in [7, 11) is 1.96. The quantitative estimate of drug-likeness (QED) is 0.778. The summed E-state index contributed by atoms with van der Waals surface area (Å²) in [6, 6.07) is 8.20. The highest BCUT2D eigenvalue weighted by atomic mass is 16.1. The largest absolute Gasteiger partial charge is 0.367 e. The molecule has 0 heterocycles. The van der Waals surface area contributed by atoms with Crippen LogP contribution in [0.2, 0.25) is 0 Å². The van der Waals surface area contributed by atoms with Gasteiger partial charge in [0.05, 0.1) is 6.54 Å². The van der Waals surface area contributed by atoms with Crippen LogP contribution in [0.25, 0.3) is 0 Å². The third kappa shape index (κ3) is 3.37. The third-order valence-electron chi connectivity index (χ3n) is 2.66. The Morgan fingerprint density at radius 2 is 1.94 bits per heavy atom. The summed E-state index contributed by atoms with van der Waals surface area (Å²) in [5, 5.41) is 0. The maximum absolute atomic E-state index is 11.9. The van der Waals surface area contributed by atoms with Crippen molar-refractivity contribution in [3.63, 3.8) is 0 Å². The highest BCUT2D eigenvalue weighted by Gasteiger charge is 2.22. The molecule has 0 aromatic heterocycles. The normalized spacial score (nSPS) is 11.3. The zero-order valence-corrected chi connectivity index (χ0v) is 10.9. The maximum atomic E-state index is 11.9. The molecule has 0 aliphatic rings.